The number of alkyl halides is 3. The van der Waals surface area contributed by atoms with Crippen LogP contribution in [0.5, 0.6) is 5.75 Å². The minimum atomic E-state index is -5.29. The standard InChI is InChI=1S/C15H7F3O4.2C3H6O.Eu/c16-15(17,18)13(20)11-12(19)10-8-4-2-1-3-7(8)5-6-9(10)22-14(11)21;2*1-3(2)4;/h1-6,19H;2*1-2H3;. The van der Waals surface area contributed by atoms with Crippen molar-refractivity contribution in [2.75, 3.05) is 0 Å². The molecule has 0 unspecified atom stereocenters. The van der Waals surface area contributed by atoms with Crippen molar-refractivity contribution in [3.8, 4) is 5.75 Å². The smallest absolute Gasteiger partial charge is 0.455 e. The average Bonchev–Trinajstić information content (AvgIpc) is 2.59. The summed E-state index contributed by atoms with van der Waals surface area (Å²) in [6.07, 6.45) is -5.29. The van der Waals surface area contributed by atoms with E-state index in [-0.39, 0.29) is 71.9 Å². The number of benzene rings is 2. The predicted molar refractivity (Wildman–Crippen MR) is 105 cm³/mol. The summed E-state index contributed by atoms with van der Waals surface area (Å²) < 4.78 is 42.5. The van der Waals surface area contributed by atoms with Crippen LogP contribution in [0.3, 0.4) is 0 Å². The molecule has 0 fully saturated rings. The SMILES string of the molecule is CC(C)=O.CC(C)=O.O=C(c1c(O)c2c(ccc3ccccc32)oc1=O)C(F)(F)F.[Eu]. The Balaban J connectivity index is 0.000000867. The van der Waals surface area contributed by atoms with Crippen LogP contribution in [0.4, 0.5) is 13.2 Å². The molecule has 0 saturated heterocycles. The molecular formula is C21H19EuF3O6. The maximum atomic E-state index is 12.6. The third kappa shape index (κ3) is 8.27. The minimum Gasteiger partial charge on any atom is -0.506 e. The van der Waals surface area contributed by atoms with Crippen molar-refractivity contribution in [1.29, 1.82) is 0 Å². The summed E-state index contributed by atoms with van der Waals surface area (Å²) in [6, 6.07) is 9.46. The average molecular weight is 576 g/mol. The van der Waals surface area contributed by atoms with Gasteiger partial charge in [-0.2, -0.15) is 13.2 Å². The molecule has 6 nitrogen and oxygen atoms in total. The van der Waals surface area contributed by atoms with E-state index in [9.17, 15) is 37.5 Å². The van der Waals surface area contributed by atoms with Gasteiger partial charge in [0.2, 0.25) is 0 Å². The molecule has 167 valence electrons. The first-order chi connectivity index (χ1) is 13.8. The first-order valence-corrected chi connectivity index (χ1v) is 8.50. The molecule has 10 heteroatoms. The fraction of sp³-hybridized carbons (Fsp3) is 0.238. The van der Waals surface area contributed by atoms with E-state index in [1.54, 1.807) is 30.3 Å². The molecule has 0 bridgehead atoms. The van der Waals surface area contributed by atoms with Crippen molar-refractivity contribution in [1.82, 2.24) is 0 Å². The maximum absolute atomic E-state index is 12.6. The van der Waals surface area contributed by atoms with Gasteiger partial charge in [-0.15, -0.1) is 0 Å². The molecule has 0 atom stereocenters. The van der Waals surface area contributed by atoms with E-state index in [2.05, 4.69) is 0 Å². The molecule has 1 heterocycles. The number of ketones is 3. The van der Waals surface area contributed by atoms with Crippen molar-refractivity contribution >= 4 is 39.1 Å². The zero-order valence-corrected chi connectivity index (χ0v) is 19.4. The van der Waals surface area contributed by atoms with Crippen LogP contribution in [-0.2, 0) is 9.59 Å². The minimum absolute atomic E-state index is 0. The van der Waals surface area contributed by atoms with Crippen LogP contribution in [0.2, 0.25) is 0 Å². The van der Waals surface area contributed by atoms with Crippen molar-refractivity contribution in [3.05, 3.63) is 52.4 Å². The third-order valence-electron chi connectivity index (χ3n) is 3.26. The van der Waals surface area contributed by atoms with Gasteiger partial charge in [0.25, 0.3) is 5.78 Å². The topological polar surface area (TPSA) is 102 Å². The van der Waals surface area contributed by atoms with Gasteiger partial charge in [0.1, 0.15) is 22.9 Å². The molecule has 1 radical (unpaired) electrons. The van der Waals surface area contributed by atoms with E-state index >= 15 is 0 Å². The van der Waals surface area contributed by atoms with Crippen LogP contribution in [0, 0.1) is 49.4 Å². The summed E-state index contributed by atoms with van der Waals surface area (Å²) in [5.74, 6) is -3.13. The molecule has 1 aromatic heterocycles. The number of aromatic hydroxyl groups is 1. The normalized spacial score (nSPS) is 10.2. The number of Topliss-reactive ketones (excluding diaryl/α,β-unsaturated/α-hetero) is 3. The van der Waals surface area contributed by atoms with Crippen LogP contribution in [0.25, 0.3) is 21.7 Å². The molecule has 1 N–H and O–H groups in total. The van der Waals surface area contributed by atoms with Gasteiger partial charge in [0.05, 0.1) is 5.39 Å². The molecule has 0 spiro atoms. The van der Waals surface area contributed by atoms with Crippen LogP contribution in [-0.4, -0.2) is 28.6 Å². The molecule has 31 heavy (non-hydrogen) atoms. The number of carbonyl (C=O) groups is 3. The summed E-state index contributed by atoms with van der Waals surface area (Å²) in [7, 11) is 0. The van der Waals surface area contributed by atoms with Crippen molar-refractivity contribution in [3.63, 3.8) is 0 Å². The molecule has 2 aromatic carbocycles. The van der Waals surface area contributed by atoms with Crippen molar-refractivity contribution < 1.29 is 86.5 Å². The van der Waals surface area contributed by atoms with Gasteiger partial charge in [-0.25, -0.2) is 4.79 Å². The maximum Gasteiger partial charge on any atom is 0.455 e. The van der Waals surface area contributed by atoms with Gasteiger partial charge in [0, 0.05) is 49.4 Å². The van der Waals surface area contributed by atoms with E-state index in [4.69, 9.17) is 4.42 Å². The molecule has 0 amide bonds. The molecular weight excluding hydrogens is 557 g/mol. The largest absolute Gasteiger partial charge is 0.506 e. The Morgan fingerprint density at radius 2 is 1.39 bits per heavy atom. The summed E-state index contributed by atoms with van der Waals surface area (Å²) in [5, 5.41) is 11.0. The third-order valence-corrected chi connectivity index (χ3v) is 3.26. The number of hydrogen-bond donors (Lipinski definition) is 1. The number of halogens is 3. The fourth-order valence-electron chi connectivity index (χ4n) is 2.30. The Kier molecular flexibility index (Phi) is 11.5. The van der Waals surface area contributed by atoms with Gasteiger partial charge < -0.3 is 19.1 Å². The Hall–Kier alpha value is -1.91. The number of fused-ring (bicyclic) bond motifs is 3. The van der Waals surface area contributed by atoms with E-state index in [0.29, 0.717) is 10.8 Å². The number of carbonyl (C=O) groups excluding carboxylic acids is 3. The second-order valence-corrected chi connectivity index (χ2v) is 6.42. The monoisotopic (exact) mass is 577 g/mol. The van der Waals surface area contributed by atoms with Crippen LogP contribution in [0.1, 0.15) is 38.1 Å². The first kappa shape index (κ1) is 29.1. The van der Waals surface area contributed by atoms with Crippen LogP contribution in [0.15, 0.2) is 45.6 Å². The van der Waals surface area contributed by atoms with Gasteiger partial charge in [-0.3, -0.25) is 4.79 Å². The summed E-state index contributed by atoms with van der Waals surface area (Å²) in [6.45, 7) is 6.11. The van der Waals surface area contributed by atoms with Crippen LogP contribution >= 0.6 is 0 Å². The molecule has 0 saturated carbocycles. The number of rotatable bonds is 1. The summed E-state index contributed by atoms with van der Waals surface area (Å²) >= 11 is 0. The summed E-state index contributed by atoms with van der Waals surface area (Å²) in [4.78, 5) is 41.9. The quantitative estimate of drug-likeness (QED) is 0.259. The van der Waals surface area contributed by atoms with Gasteiger partial charge in [-0.1, -0.05) is 30.3 Å². The Labute approximate surface area is 216 Å². The zero-order chi connectivity index (χ0) is 23.2. The predicted octanol–water partition coefficient (Wildman–Crippen LogP) is 4.59. The second-order valence-electron chi connectivity index (χ2n) is 6.42. The Morgan fingerprint density at radius 3 is 1.87 bits per heavy atom. The summed E-state index contributed by atoms with van der Waals surface area (Å²) in [5.41, 5.74) is -3.03. The molecule has 0 aliphatic heterocycles. The van der Waals surface area contributed by atoms with E-state index in [1.165, 1.54) is 33.8 Å². The molecule has 0 aliphatic rings. The van der Waals surface area contributed by atoms with Crippen LogP contribution < -0.4 is 5.63 Å². The first-order valence-electron chi connectivity index (χ1n) is 8.50. The molecule has 0 aliphatic carbocycles. The second kappa shape index (κ2) is 12.2. The van der Waals surface area contributed by atoms with Crippen molar-refractivity contribution in [2.24, 2.45) is 0 Å². The van der Waals surface area contributed by atoms with Gasteiger partial charge >= 0.3 is 11.8 Å². The number of hydrogen-bond acceptors (Lipinski definition) is 6. The van der Waals surface area contributed by atoms with E-state index < -0.39 is 28.9 Å². The molecule has 3 rings (SSSR count). The fourth-order valence-corrected chi connectivity index (χ4v) is 2.30. The van der Waals surface area contributed by atoms with Gasteiger partial charge in [0.15, 0.2) is 5.56 Å². The van der Waals surface area contributed by atoms with Crippen molar-refractivity contribution in [2.45, 2.75) is 33.9 Å². The Morgan fingerprint density at radius 1 is 0.903 bits per heavy atom. The van der Waals surface area contributed by atoms with E-state index in [1.807, 2.05) is 0 Å². The zero-order valence-electron chi connectivity index (χ0n) is 17.0. The van der Waals surface area contributed by atoms with Gasteiger partial charge in [-0.05, 0) is 44.5 Å². The Bertz CT molecular complexity index is 1150. The molecule has 3 aromatic rings. The van der Waals surface area contributed by atoms with E-state index in [0.717, 1.165) is 0 Å².